The topological polar surface area (TPSA) is 42.4 Å². The normalized spacial score (nSPS) is 10.8. The van der Waals surface area contributed by atoms with Crippen LogP contribution in [0.3, 0.4) is 0 Å². The van der Waals surface area contributed by atoms with Crippen molar-refractivity contribution in [3.05, 3.63) is 64.8 Å². The van der Waals surface area contributed by atoms with E-state index in [9.17, 15) is 0 Å². The van der Waals surface area contributed by atoms with Gasteiger partial charge in [0.15, 0.2) is 0 Å². The van der Waals surface area contributed by atoms with Crippen molar-refractivity contribution in [2.24, 2.45) is 0 Å². The van der Waals surface area contributed by atoms with Gasteiger partial charge in [0.1, 0.15) is 6.61 Å². The quantitative estimate of drug-likeness (QED) is 0.910. The van der Waals surface area contributed by atoms with Crippen LogP contribution in [0.1, 0.15) is 11.3 Å². The van der Waals surface area contributed by atoms with E-state index in [1.165, 1.54) is 0 Å². The first-order valence-corrected chi connectivity index (χ1v) is 6.28. The highest BCUT2D eigenvalue weighted by molar-refractivity contribution is 6.31. The first-order chi connectivity index (χ1) is 9.29. The summed E-state index contributed by atoms with van der Waals surface area (Å²) < 4.78 is 5.46. The monoisotopic (exact) mass is 275 g/mol. The van der Waals surface area contributed by atoms with Crippen LogP contribution >= 0.6 is 11.6 Å². The fourth-order valence-corrected chi connectivity index (χ4v) is 1.70. The number of hydrogen-bond donors (Lipinski definition) is 1. The Bertz CT molecular complexity index is 555. The maximum absolute atomic E-state index is 9.05. The molecular formula is C15H14ClNO2. The Labute approximate surface area is 117 Å². The van der Waals surface area contributed by atoms with Crippen LogP contribution in [-0.4, -0.2) is 16.7 Å². The molecule has 0 radical (unpaired) electrons. The molecule has 1 heterocycles. The lowest BCUT2D eigenvalue weighted by atomic mass is 10.2. The van der Waals surface area contributed by atoms with E-state index in [0.29, 0.717) is 23.2 Å². The number of hydrogen-bond acceptors (Lipinski definition) is 3. The molecule has 98 valence electrons. The van der Waals surface area contributed by atoms with Gasteiger partial charge in [-0.1, -0.05) is 48.0 Å². The first-order valence-electron chi connectivity index (χ1n) is 5.90. The second-order valence-electron chi connectivity index (χ2n) is 3.86. The molecule has 2 rings (SSSR count). The average molecular weight is 276 g/mol. The largest absolute Gasteiger partial charge is 0.473 e. The Morgan fingerprint density at radius 1 is 1.16 bits per heavy atom. The number of aliphatic hydroxyl groups excluding tert-OH is 1. The van der Waals surface area contributed by atoms with E-state index in [0.717, 1.165) is 5.56 Å². The van der Waals surface area contributed by atoms with Gasteiger partial charge in [0.05, 0.1) is 17.3 Å². The molecule has 1 aromatic carbocycles. The third-order valence-electron chi connectivity index (χ3n) is 2.48. The summed E-state index contributed by atoms with van der Waals surface area (Å²) in [6.45, 7) is 0.213. The zero-order valence-electron chi connectivity index (χ0n) is 10.3. The molecule has 0 saturated heterocycles. The summed E-state index contributed by atoms with van der Waals surface area (Å²) in [7, 11) is 0. The van der Waals surface area contributed by atoms with Gasteiger partial charge >= 0.3 is 0 Å². The molecule has 4 heteroatoms. The Kier molecular flexibility index (Phi) is 4.95. The van der Waals surface area contributed by atoms with Crippen molar-refractivity contribution in [2.45, 2.75) is 6.61 Å². The van der Waals surface area contributed by atoms with Crippen LogP contribution in [0.15, 0.2) is 48.5 Å². The highest BCUT2D eigenvalue weighted by Gasteiger charge is 2.02. The molecule has 0 unspecified atom stereocenters. The Hall–Kier alpha value is -1.84. The molecule has 0 fully saturated rings. The second-order valence-corrected chi connectivity index (χ2v) is 4.27. The molecule has 2 aromatic rings. The highest BCUT2D eigenvalue weighted by atomic mass is 35.5. The van der Waals surface area contributed by atoms with E-state index in [4.69, 9.17) is 21.4 Å². The molecule has 0 saturated carbocycles. The van der Waals surface area contributed by atoms with Gasteiger partial charge in [-0.25, -0.2) is 4.98 Å². The molecule has 3 nitrogen and oxygen atoms in total. The van der Waals surface area contributed by atoms with Crippen molar-refractivity contribution < 1.29 is 9.84 Å². The van der Waals surface area contributed by atoms with Gasteiger partial charge in [-0.2, -0.15) is 0 Å². The molecule has 1 N–H and O–H groups in total. The zero-order valence-corrected chi connectivity index (χ0v) is 11.0. The predicted molar refractivity (Wildman–Crippen MR) is 76.1 cm³/mol. The molecule has 0 atom stereocenters. The van der Waals surface area contributed by atoms with Crippen LogP contribution in [0.5, 0.6) is 5.88 Å². The van der Waals surface area contributed by atoms with Crippen LogP contribution in [0, 0.1) is 0 Å². The molecule has 0 amide bonds. The Morgan fingerprint density at radius 3 is 2.68 bits per heavy atom. The van der Waals surface area contributed by atoms with Crippen molar-refractivity contribution in [3.8, 4) is 5.88 Å². The predicted octanol–water partition coefficient (Wildman–Crippen LogP) is 3.32. The van der Waals surface area contributed by atoms with E-state index >= 15 is 0 Å². The van der Waals surface area contributed by atoms with Gasteiger partial charge < -0.3 is 9.84 Å². The maximum Gasteiger partial charge on any atom is 0.213 e. The molecule has 0 aliphatic heterocycles. The summed E-state index contributed by atoms with van der Waals surface area (Å²) in [5.74, 6) is 0.450. The van der Waals surface area contributed by atoms with Gasteiger partial charge in [-0.05, 0) is 17.7 Å². The number of halogens is 1. The number of rotatable bonds is 5. The molecule has 1 aromatic heterocycles. The molecule has 0 aliphatic carbocycles. The van der Waals surface area contributed by atoms with Gasteiger partial charge in [0.2, 0.25) is 5.88 Å². The molecular weight excluding hydrogens is 262 g/mol. The standard InChI is InChI=1S/C15H14ClNO2/c16-13-8-9-15(17-14(13)11-18)19-10-4-7-12-5-2-1-3-6-12/h1-9,18H,10-11H2/b7-4+. The third-order valence-corrected chi connectivity index (χ3v) is 2.82. The van der Waals surface area contributed by atoms with Gasteiger partial charge in [-0.3, -0.25) is 0 Å². The molecule has 19 heavy (non-hydrogen) atoms. The van der Waals surface area contributed by atoms with Crippen LogP contribution in [0.4, 0.5) is 0 Å². The van der Waals surface area contributed by atoms with E-state index in [2.05, 4.69) is 4.98 Å². The number of ether oxygens (including phenoxy) is 1. The lowest BCUT2D eigenvalue weighted by molar-refractivity contribution is 0.273. The summed E-state index contributed by atoms with van der Waals surface area (Å²) in [5, 5.41) is 9.49. The summed E-state index contributed by atoms with van der Waals surface area (Å²) in [6, 6.07) is 13.3. The number of aromatic nitrogens is 1. The fraction of sp³-hybridized carbons (Fsp3) is 0.133. The molecule has 0 aliphatic rings. The SMILES string of the molecule is OCc1nc(OC/C=C/c2ccccc2)ccc1Cl. The van der Waals surface area contributed by atoms with Gasteiger partial charge in [0.25, 0.3) is 0 Å². The van der Waals surface area contributed by atoms with E-state index < -0.39 is 0 Å². The first kappa shape index (κ1) is 13.6. The van der Waals surface area contributed by atoms with Gasteiger partial charge in [-0.15, -0.1) is 0 Å². The highest BCUT2D eigenvalue weighted by Crippen LogP contribution is 2.17. The zero-order chi connectivity index (χ0) is 13.5. The van der Waals surface area contributed by atoms with Crippen LogP contribution < -0.4 is 4.74 Å². The Morgan fingerprint density at radius 2 is 1.95 bits per heavy atom. The average Bonchev–Trinajstić information content (AvgIpc) is 2.46. The summed E-state index contributed by atoms with van der Waals surface area (Å²) in [5.41, 5.74) is 1.54. The summed E-state index contributed by atoms with van der Waals surface area (Å²) in [6.07, 6.45) is 3.88. The van der Waals surface area contributed by atoms with Gasteiger partial charge in [0, 0.05) is 6.07 Å². The minimum Gasteiger partial charge on any atom is -0.473 e. The lowest BCUT2D eigenvalue weighted by Gasteiger charge is -2.05. The smallest absolute Gasteiger partial charge is 0.213 e. The van der Waals surface area contributed by atoms with E-state index in [1.807, 2.05) is 42.5 Å². The number of pyridine rings is 1. The van der Waals surface area contributed by atoms with Crippen molar-refractivity contribution in [1.29, 1.82) is 0 Å². The third kappa shape index (κ3) is 4.09. The minimum absolute atomic E-state index is 0.199. The number of nitrogens with zero attached hydrogens (tertiary/aromatic N) is 1. The van der Waals surface area contributed by atoms with Crippen molar-refractivity contribution in [2.75, 3.05) is 6.61 Å². The fourth-order valence-electron chi connectivity index (χ4n) is 1.54. The minimum atomic E-state index is -0.199. The summed E-state index contributed by atoms with van der Waals surface area (Å²) in [4.78, 5) is 4.10. The van der Waals surface area contributed by atoms with Crippen LogP contribution in [0.25, 0.3) is 6.08 Å². The van der Waals surface area contributed by atoms with E-state index in [1.54, 1.807) is 12.1 Å². The summed E-state index contributed by atoms with van der Waals surface area (Å²) >= 11 is 5.85. The van der Waals surface area contributed by atoms with Crippen molar-refractivity contribution >= 4 is 17.7 Å². The van der Waals surface area contributed by atoms with Crippen molar-refractivity contribution in [1.82, 2.24) is 4.98 Å². The maximum atomic E-state index is 9.05. The molecule has 0 spiro atoms. The van der Waals surface area contributed by atoms with Crippen LogP contribution in [0.2, 0.25) is 5.02 Å². The second kappa shape index (κ2) is 6.92. The number of aliphatic hydroxyl groups is 1. The van der Waals surface area contributed by atoms with E-state index in [-0.39, 0.29) is 6.61 Å². The Balaban J connectivity index is 1.91. The lowest BCUT2D eigenvalue weighted by Crippen LogP contribution is -1.99. The van der Waals surface area contributed by atoms with Crippen molar-refractivity contribution in [3.63, 3.8) is 0 Å². The molecule has 0 bridgehead atoms. The number of benzene rings is 1. The van der Waals surface area contributed by atoms with Crippen LogP contribution in [-0.2, 0) is 6.61 Å².